The molecule has 2 aliphatic heterocycles. The van der Waals surface area contributed by atoms with E-state index in [2.05, 4.69) is 40.3 Å². The zero-order valence-electron chi connectivity index (χ0n) is 27.5. The van der Waals surface area contributed by atoms with Gasteiger partial charge in [0.25, 0.3) is 5.91 Å². The molecule has 3 amide bonds. The minimum Gasteiger partial charge on any atom is -0.493 e. The standard InChI is InChI=1S/C33H33ClN8O4S.C2H4/c1-5-28(44)42-12-11-22-18-40(20(3)43)13-14-41(22)31-25(42)15-21(16-35-31)24-9-10-26(46-4)30(37-24)39-33-36-17-27(47-33)32(45)38-29-19(2)7-6-8-23(29)34;1-2/h5-10,15-17,22H,1,11-14,18H2,2-4H3,(H,38,45)(H,36,37,39);1-2H2. The number of benzene rings is 1. The third kappa shape index (κ3) is 7.42. The van der Waals surface area contributed by atoms with E-state index in [0.29, 0.717) is 87.6 Å². The number of nitrogens with zero attached hydrogens (tertiary/aromatic N) is 6. The number of halogens is 1. The lowest BCUT2D eigenvalue weighted by Gasteiger charge is -2.41. The van der Waals surface area contributed by atoms with Gasteiger partial charge in [0.05, 0.1) is 35.4 Å². The van der Waals surface area contributed by atoms with E-state index in [-0.39, 0.29) is 23.8 Å². The number of amides is 3. The molecule has 3 aromatic heterocycles. The largest absolute Gasteiger partial charge is 0.493 e. The first-order chi connectivity index (χ1) is 23.7. The highest BCUT2D eigenvalue weighted by atomic mass is 35.5. The summed E-state index contributed by atoms with van der Waals surface area (Å²) in [5, 5.41) is 6.93. The lowest BCUT2D eigenvalue weighted by Crippen LogP contribution is -2.54. The maximum absolute atomic E-state index is 13.0. The topological polar surface area (TPSA) is 133 Å². The molecule has 5 heterocycles. The summed E-state index contributed by atoms with van der Waals surface area (Å²) in [4.78, 5) is 58.3. The van der Waals surface area contributed by atoms with E-state index >= 15 is 0 Å². The van der Waals surface area contributed by atoms with Gasteiger partial charge in [-0.3, -0.25) is 14.4 Å². The van der Waals surface area contributed by atoms with Gasteiger partial charge >= 0.3 is 0 Å². The number of ether oxygens (including phenoxy) is 1. The minimum atomic E-state index is -0.333. The predicted molar refractivity (Wildman–Crippen MR) is 195 cm³/mol. The number of aryl methyl sites for hydroxylation is 1. The second kappa shape index (κ2) is 15.3. The van der Waals surface area contributed by atoms with Crippen molar-refractivity contribution >= 4 is 68.8 Å². The number of pyridine rings is 2. The number of carbonyl (C=O) groups excluding carboxylic acids is 3. The average molecular weight is 701 g/mol. The first-order valence-electron chi connectivity index (χ1n) is 15.5. The van der Waals surface area contributed by atoms with E-state index in [9.17, 15) is 14.4 Å². The van der Waals surface area contributed by atoms with Gasteiger partial charge in [-0.15, -0.1) is 13.2 Å². The summed E-state index contributed by atoms with van der Waals surface area (Å²) >= 11 is 7.45. The van der Waals surface area contributed by atoms with E-state index < -0.39 is 0 Å². The number of rotatable bonds is 7. The number of carbonyl (C=O) groups is 3. The molecule has 14 heteroatoms. The van der Waals surface area contributed by atoms with Gasteiger partial charge < -0.3 is 30.1 Å². The SMILES string of the molecule is C=C.C=CC(=O)N1CCC2CN(C(C)=O)CCN2c2ncc(-c3ccc(OC)c(Nc4ncc(C(=O)Nc5c(C)cccc5Cl)s4)n3)cc21. The van der Waals surface area contributed by atoms with Crippen LogP contribution in [0.15, 0.2) is 74.6 Å². The zero-order valence-corrected chi connectivity index (χ0v) is 29.1. The first kappa shape index (κ1) is 35.0. The van der Waals surface area contributed by atoms with Gasteiger partial charge in [0.15, 0.2) is 22.5 Å². The van der Waals surface area contributed by atoms with Crippen molar-refractivity contribution < 1.29 is 19.1 Å². The highest BCUT2D eigenvalue weighted by Gasteiger charge is 2.35. The number of piperazine rings is 1. The van der Waals surface area contributed by atoms with Gasteiger partial charge in [0.1, 0.15) is 4.88 Å². The van der Waals surface area contributed by atoms with E-state index in [1.807, 2.05) is 36.1 Å². The summed E-state index contributed by atoms with van der Waals surface area (Å²) < 4.78 is 5.57. The number of para-hydroxylation sites is 1. The van der Waals surface area contributed by atoms with Crippen LogP contribution in [0.5, 0.6) is 5.75 Å². The number of aromatic nitrogens is 3. The Bertz CT molecular complexity index is 1880. The van der Waals surface area contributed by atoms with Crippen molar-refractivity contribution in [2.75, 3.05) is 53.7 Å². The monoisotopic (exact) mass is 700 g/mol. The van der Waals surface area contributed by atoms with Crippen LogP contribution in [0, 0.1) is 6.92 Å². The fourth-order valence-electron chi connectivity index (χ4n) is 5.78. The van der Waals surface area contributed by atoms with Crippen molar-refractivity contribution in [3.05, 3.63) is 90.1 Å². The quantitative estimate of drug-likeness (QED) is 0.168. The lowest BCUT2D eigenvalue weighted by molar-refractivity contribution is -0.129. The van der Waals surface area contributed by atoms with Gasteiger partial charge in [0.2, 0.25) is 11.8 Å². The van der Waals surface area contributed by atoms with Crippen LogP contribution >= 0.6 is 22.9 Å². The number of methoxy groups -OCH3 is 1. The third-order valence-electron chi connectivity index (χ3n) is 8.25. The number of hydrogen-bond donors (Lipinski definition) is 2. The number of thiazole rings is 1. The maximum Gasteiger partial charge on any atom is 0.267 e. The maximum atomic E-state index is 13.0. The van der Waals surface area contributed by atoms with Crippen molar-refractivity contribution in [1.29, 1.82) is 0 Å². The Labute approximate surface area is 294 Å². The van der Waals surface area contributed by atoms with Gasteiger partial charge in [0, 0.05) is 50.9 Å². The summed E-state index contributed by atoms with van der Waals surface area (Å²) in [7, 11) is 1.54. The molecule has 1 atom stereocenters. The molecular weight excluding hydrogens is 664 g/mol. The van der Waals surface area contributed by atoms with Gasteiger partial charge in [-0.05, 0) is 49.2 Å². The Morgan fingerprint density at radius 3 is 2.61 bits per heavy atom. The van der Waals surface area contributed by atoms with Crippen LogP contribution < -0.4 is 25.2 Å². The fourth-order valence-corrected chi connectivity index (χ4v) is 6.76. The molecule has 0 aliphatic carbocycles. The summed E-state index contributed by atoms with van der Waals surface area (Å²) in [5.41, 5.74) is 3.32. The molecule has 0 radical (unpaired) electrons. The molecule has 1 fully saturated rings. The van der Waals surface area contributed by atoms with Crippen molar-refractivity contribution in [2.45, 2.75) is 26.3 Å². The molecule has 6 rings (SSSR count). The van der Waals surface area contributed by atoms with Gasteiger partial charge in [-0.25, -0.2) is 15.0 Å². The van der Waals surface area contributed by atoms with Crippen molar-refractivity contribution in [1.82, 2.24) is 19.9 Å². The van der Waals surface area contributed by atoms with E-state index in [1.165, 1.54) is 12.3 Å². The summed E-state index contributed by atoms with van der Waals surface area (Å²) in [6.45, 7) is 15.4. The Kier molecular flexibility index (Phi) is 10.9. The molecule has 254 valence electrons. The second-order valence-electron chi connectivity index (χ2n) is 11.1. The Morgan fingerprint density at radius 1 is 1.10 bits per heavy atom. The van der Waals surface area contributed by atoms with Gasteiger partial charge in [-0.1, -0.05) is 41.6 Å². The van der Waals surface area contributed by atoms with Crippen LogP contribution in [0.2, 0.25) is 5.02 Å². The summed E-state index contributed by atoms with van der Waals surface area (Å²) in [5.74, 6) is 1.02. The van der Waals surface area contributed by atoms with Crippen LogP contribution in [0.25, 0.3) is 11.3 Å². The van der Waals surface area contributed by atoms with E-state index in [0.717, 1.165) is 16.9 Å². The Hall–Kier alpha value is -5.27. The van der Waals surface area contributed by atoms with Crippen LogP contribution in [-0.4, -0.2) is 76.9 Å². The molecule has 2 N–H and O–H groups in total. The molecule has 4 aromatic rings. The highest BCUT2D eigenvalue weighted by molar-refractivity contribution is 7.17. The lowest BCUT2D eigenvalue weighted by atomic mass is 10.1. The smallest absolute Gasteiger partial charge is 0.267 e. The average Bonchev–Trinajstić information content (AvgIpc) is 3.52. The van der Waals surface area contributed by atoms with Crippen LogP contribution in [0.1, 0.15) is 28.6 Å². The van der Waals surface area contributed by atoms with Crippen LogP contribution in [0.4, 0.5) is 28.1 Å². The molecule has 12 nitrogen and oxygen atoms in total. The molecule has 0 bridgehead atoms. The first-order valence-corrected chi connectivity index (χ1v) is 16.7. The molecule has 1 unspecified atom stereocenters. The minimum absolute atomic E-state index is 0.0289. The number of nitrogens with one attached hydrogen (secondary N) is 2. The van der Waals surface area contributed by atoms with E-state index in [4.69, 9.17) is 26.3 Å². The van der Waals surface area contributed by atoms with Crippen LogP contribution in [-0.2, 0) is 9.59 Å². The molecule has 0 spiro atoms. The third-order valence-corrected chi connectivity index (χ3v) is 9.48. The Morgan fingerprint density at radius 2 is 1.90 bits per heavy atom. The molecule has 2 aliphatic rings. The fraction of sp³-hybridized carbons (Fsp3) is 0.257. The summed E-state index contributed by atoms with van der Waals surface area (Å²) in [6, 6.07) is 10.9. The molecular formula is C35H37ClN8O4S. The van der Waals surface area contributed by atoms with Gasteiger partial charge in [-0.2, -0.15) is 0 Å². The van der Waals surface area contributed by atoms with E-state index in [1.54, 1.807) is 37.3 Å². The molecule has 0 saturated carbocycles. The van der Waals surface area contributed by atoms with Crippen molar-refractivity contribution in [2.24, 2.45) is 0 Å². The van der Waals surface area contributed by atoms with Crippen molar-refractivity contribution in [3.63, 3.8) is 0 Å². The normalized spacial score (nSPS) is 15.1. The second-order valence-corrected chi connectivity index (χ2v) is 12.6. The van der Waals surface area contributed by atoms with Crippen molar-refractivity contribution in [3.8, 4) is 17.0 Å². The number of fused-ring (bicyclic) bond motifs is 3. The number of hydrogen-bond acceptors (Lipinski definition) is 10. The number of anilines is 5. The molecule has 1 aromatic carbocycles. The molecule has 1 saturated heterocycles. The Balaban J connectivity index is 0.00000230. The summed E-state index contributed by atoms with van der Waals surface area (Å²) in [6.07, 6.45) is 5.19. The molecule has 49 heavy (non-hydrogen) atoms. The van der Waals surface area contributed by atoms with Crippen LogP contribution in [0.3, 0.4) is 0 Å². The highest BCUT2D eigenvalue weighted by Crippen LogP contribution is 2.38. The predicted octanol–water partition coefficient (Wildman–Crippen LogP) is 6.33. The zero-order chi connectivity index (χ0) is 35.2.